The zero-order valence-electron chi connectivity index (χ0n) is 12.4. The number of nitrogens with one attached hydrogen (secondary N) is 1. The largest absolute Gasteiger partial charge is 0.317 e. The number of hydrogen-bond donors (Lipinski definition) is 1. The van der Waals surface area contributed by atoms with Gasteiger partial charge in [-0.2, -0.15) is 5.10 Å². The molecule has 2 aromatic heterocycles. The molecule has 20 heavy (non-hydrogen) atoms. The molecule has 6 heteroatoms. The molecule has 0 aliphatic rings. The third-order valence-corrected chi connectivity index (χ3v) is 3.21. The second kappa shape index (κ2) is 5.90. The summed E-state index contributed by atoms with van der Waals surface area (Å²) < 4.78 is 3.67. The predicted octanol–water partition coefficient (Wildman–Crippen LogP) is 2.01. The maximum atomic E-state index is 12.3. The summed E-state index contributed by atoms with van der Waals surface area (Å²) >= 11 is 0. The van der Waals surface area contributed by atoms with Gasteiger partial charge in [0.2, 0.25) is 11.9 Å². The van der Waals surface area contributed by atoms with E-state index in [0.29, 0.717) is 11.9 Å². The fourth-order valence-electron chi connectivity index (χ4n) is 2.14. The lowest BCUT2D eigenvalue weighted by molar-refractivity contribution is -0.117. The summed E-state index contributed by atoms with van der Waals surface area (Å²) in [6.45, 7) is 6.95. The first kappa shape index (κ1) is 14.3. The third kappa shape index (κ3) is 3.07. The second-order valence-corrected chi connectivity index (χ2v) is 5.39. The molecule has 0 unspecified atom stereocenters. The van der Waals surface area contributed by atoms with Crippen LogP contribution in [0.1, 0.15) is 32.4 Å². The number of hydrogen-bond acceptors (Lipinski definition) is 3. The van der Waals surface area contributed by atoms with Crippen molar-refractivity contribution in [3.63, 3.8) is 0 Å². The van der Waals surface area contributed by atoms with E-state index in [9.17, 15) is 4.79 Å². The van der Waals surface area contributed by atoms with Gasteiger partial charge in [-0.15, -0.1) is 0 Å². The zero-order chi connectivity index (χ0) is 14.7. The number of amides is 1. The van der Waals surface area contributed by atoms with Gasteiger partial charge in [-0.05, 0) is 18.9 Å². The van der Waals surface area contributed by atoms with Crippen LogP contribution in [0.25, 0.3) is 0 Å². The van der Waals surface area contributed by atoms with Gasteiger partial charge in [-0.25, -0.2) is 4.98 Å². The third-order valence-electron chi connectivity index (χ3n) is 3.21. The van der Waals surface area contributed by atoms with Crippen LogP contribution in [0.15, 0.2) is 24.7 Å². The monoisotopic (exact) mass is 275 g/mol. The summed E-state index contributed by atoms with van der Waals surface area (Å²) in [5.74, 6) is 0.739. The van der Waals surface area contributed by atoms with Gasteiger partial charge in [0.25, 0.3) is 0 Å². The van der Waals surface area contributed by atoms with Gasteiger partial charge >= 0.3 is 0 Å². The van der Waals surface area contributed by atoms with Crippen LogP contribution < -0.4 is 5.32 Å². The van der Waals surface area contributed by atoms with Crippen LogP contribution in [0, 0.1) is 5.92 Å². The Morgan fingerprint density at radius 1 is 1.35 bits per heavy atom. The molecule has 0 bridgehead atoms. The molecule has 0 radical (unpaired) electrons. The number of carbonyl (C=O) groups is 1. The highest BCUT2D eigenvalue weighted by atomic mass is 16.2. The van der Waals surface area contributed by atoms with E-state index >= 15 is 0 Å². The average Bonchev–Trinajstić information content (AvgIpc) is 2.97. The van der Waals surface area contributed by atoms with Crippen LogP contribution >= 0.6 is 0 Å². The van der Waals surface area contributed by atoms with E-state index in [2.05, 4.69) is 29.2 Å². The molecule has 2 heterocycles. The molecule has 0 saturated heterocycles. The molecule has 108 valence electrons. The molecule has 6 nitrogen and oxygen atoms in total. The van der Waals surface area contributed by atoms with Crippen molar-refractivity contribution < 1.29 is 4.79 Å². The summed E-state index contributed by atoms with van der Waals surface area (Å²) in [6, 6.07) is 1.85. The highest BCUT2D eigenvalue weighted by Gasteiger charge is 2.19. The van der Waals surface area contributed by atoms with Crippen molar-refractivity contribution in [2.24, 2.45) is 13.0 Å². The van der Waals surface area contributed by atoms with Gasteiger partial charge in [0.1, 0.15) is 0 Å². The molecule has 1 N–H and O–H groups in total. The van der Waals surface area contributed by atoms with Gasteiger partial charge in [0.15, 0.2) is 0 Å². The average molecular weight is 275 g/mol. The van der Waals surface area contributed by atoms with Crippen molar-refractivity contribution in [2.45, 2.75) is 33.2 Å². The zero-order valence-corrected chi connectivity index (χ0v) is 12.4. The van der Waals surface area contributed by atoms with Crippen molar-refractivity contribution >= 4 is 11.9 Å². The number of nitrogens with zero attached hydrogens (tertiary/aromatic N) is 4. The summed E-state index contributed by atoms with van der Waals surface area (Å²) in [6.07, 6.45) is 5.27. The first-order chi connectivity index (χ1) is 9.49. The molecule has 0 spiro atoms. The van der Waals surface area contributed by atoms with Crippen LogP contribution in [0.3, 0.4) is 0 Å². The maximum absolute atomic E-state index is 12.3. The number of aromatic nitrogens is 4. The van der Waals surface area contributed by atoms with Gasteiger partial charge < -0.3 is 4.57 Å². The first-order valence-corrected chi connectivity index (χ1v) is 6.79. The highest BCUT2D eigenvalue weighted by molar-refractivity contribution is 5.94. The number of aryl methyl sites for hydroxylation is 1. The molecule has 0 aliphatic carbocycles. The molecule has 2 rings (SSSR count). The Labute approximate surface area is 118 Å². The number of rotatable bonds is 5. The maximum Gasteiger partial charge on any atom is 0.235 e. The van der Waals surface area contributed by atoms with Crippen molar-refractivity contribution in [2.75, 3.05) is 5.32 Å². The molecule has 0 aromatic carbocycles. The fraction of sp³-hybridized carbons (Fsp3) is 0.500. The molecule has 0 fully saturated rings. The van der Waals surface area contributed by atoms with Gasteiger partial charge in [0, 0.05) is 32.2 Å². The van der Waals surface area contributed by atoms with Crippen molar-refractivity contribution in [3.8, 4) is 0 Å². The fourth-order valence-corrected chi connectivity index (χ4v) is 2.14. The normalized spacial score (nSPS) is 12.7. The smallest absolute Gasteiger partial charge is 0.235 e. The van der Waals surface area contributed by atoms with Crippen molar-refractivity contribution in [1.29, 1.82) is 0 Å². The lowest BCUT2D eigenvalue weighted by Crippen LogP contribution is -2.23. The Morgan fingerprint density at radius 3 is 2.70 bits per heavy atom. The minimum absolute atomic E-state index is 0.0789. The predicted molar refractivity (Wildman–Crippen MR) is 77.3 cm³/mol. The van der Waals surface area contributed by atoms with Gasteiger partial charge in [-0.1, -0.05) is 13.8 Å². The number of imidazole rings is 1. The van der Waals surface area contributed by atoms with E-state index in [1.807, 2.05) is 30.8 Å². The molecule has 0 saturated carbocycles. The van der Waals surface area contributed by atoms with Crippen LogP contribution in [0.5, 0.6) is 0 Å². The Bertz CT molecular complexity index is 584. The van der Waals surface area contributed by atoms with E-state index in [-0.39, 0.29) is 11.8 Å². The molecule has 1 amide bonds. The second-order valence-electron chi connectivity index (χ2n) is 5.39. The van der Waals surface area contributed by atoms with Crippen molar-refractivity contribution in [3.05, 3.63) is 30.4 Å². The first-order valence-electron chi connectivity index (χ1n) is 6.79. The van der Waals surface area contributed by atoms with Gasteiger partial charge in [0.05, 0.1) is 11.6 Å². The topological polar surface area (TPSA) is 64.7 Å². The standard InChI is InChI=1S/C14H21N5O/c1-10(2)9-19-8-7-15-14(19)17-13(20)11(3)12-5-6-16-18(12)4/h5-8,10-11H,9H2,1-4H3,(H,15,17,20)/t11-/m0/s1. The Kier molecular flexibility index (Phi) is 4.22. The lowest BCUT2D eigenvalue weighted by atomic mass is 10.1. The number of anilines is 1. The molecular weight excluding hydrogens is 254 g/mol. The minimum atomic E-state index is -0.272. The SMILES string of the molecule is CC(C)Cn1ccnc1NC(=O)[C@@H](C)c1ccnn1C. The van der Waals surface area contributed by atoms with E-state index in [1.54, 1.807) is 17.1 Å². The van der Waals surface area contributed by atoms with Crippen LogP contribution in [0.2, 0.25) is 0 Å². The molecule has 0 aliphatic heterocycles. The van der Waals surface area contributed by atoms with E-state index in [1.165, 1.54) is 0 Å². The van der Waals surface area contributed by atoms with Gasteiger partial charge in [-0.3, -0.25) is 14.8 Å². The number of carbonyl (C=O) groups excluding carboxylic acids is 1. The van der Waals surface area contributed by atoms with Crippen LogP contribution in [-0.2, 0) is 18.4 Å². The molecule has 2 aromatic rings. The summed E-state index contributed by atoms with van der Waals surface area (Å²) in [5.41, 5.74) is 0.879. The van der Waals surface area contributed by atoms with Crippen molar-refractivity contribution in [1.82, 2.24) is 19.3 Å². The summed E-state index contributed by atoms with van der Waals surface area (Å²) in [5, 5.41) is 6.97. The van der Waals surface area contributed by atoms with Crippen LogP contribution in [-0.4, -0.2) is 25.2 Å². The van der Waals surface area contributed by atoms with Crippen LogP contribution in [0.4, 0.5) is 5.95 Å². The lowest BCUT2D eigenvalue weighted by Gasteiger charge is -2.14. The Hall–Kier alpha value is -2.11. The van der Waals surface area contributed by atoms with E-state index < -0.39 is 0 Å². The van der Waals surface area contributed by atoms with E-state index in [0.717, 1.165) is 12.2 Å². The Balaban J connectivity index is 2.08. The molecule has 1 atom stereocenters. The molecular formula is C14H21N5O. The summed E-state index contributed by atoms with van der Waals surface area (Å²) in [4.78, 5) is 16.5. The Morgan fingerprint density at radius 2 is 2.10 bits per heavy atom. The quantitative estimate of drug-likeness (QED) is 0.908. The van der Waals surface area contributed by atoms with E-state index in [4.69, 9.17) is 0 Å². The highest BCUT2D eigenvalue weighted by Crippen LogP contribution is 2.17. The minimum Gasteiger partial charge on any atom is -0.317 e. The summed E-state index contributed by atoms with van der Waals surface area (Å²) in [7, 11) is 1.83.